The largest absolute Gasteiger partial charge is 0.463 e. The molecule has 0 aliphatic carbocycles. The Morgan fingerprint density at radius 3 is 3.23 bits per heavy atom. The quantitative estimate of drug-likeness (QED) is 0.640. The Morgan fingerprint density at radius 1 is 1.69 bits per heavy atom. The Hall–Kier alpha value is -1.51. The summed E-state index contributed by atoms with van der Waals surface area (Å²) in [6, 6.07) is 3.94. The van der Waals surface area contributed by atoms with Crippen LogP contribution in [0.1, 0.15) is 12.6 Å². The number of carbonyl (C=O) groups is 1. The highest BCUT2D eigenvalue weighted by Gasteiger charge is 2.17. The fraction of sp³-hybridized carbons (Fsp3) is 0.300. The molecule has 1 aliphatic rings. The van der Waals surface area contributed by atoms with Crippen LogP contribution in [0.25, 0.3) is 6.08 Å². The van der Waals surface area contributed by atoms with Crippen LogP contribution in [0, 0.1) is 0 Å². The van der Waals surface area contributed by atoms with Crippen LogP contribution in [0.5, 0.6) is 0 Å². The standard InChI is InChI=1S/C10H11NO2/c1-2-13-10(12)8-6-9-4-3-5-11(9)7-8/h3-6H,2,7H2,1H3. The molecule has 0 saturated heterocycles. The van der Waals surface area contributed by atoms with E-state index in [4.69, 9.17) is 4.74 Å². The zero-order valence-corrected chi connectivity index (χ0v) is 7.49. The first-order valence-electron chi connectivity index (χ1n) is 4.34. The highest BCUT2D eigenvalue weighted by Crippen LogP contribution is 2.19. The smallest absolute Gasteiger partial charge is 0.335 e. The number of fused-ring (bicyclic) bond motifs is 1. The summed E-state index contributed by atoms with van der Waals surface area (Å²) in [5.74, 6) is -0.203. The molecule has 2 rings (SSSR count). The highest BCUT2D eigenvalue weighted by atomic mass is 16.5. The molecule has 1 aromatic rings. The number of nitrogens with zero attached hydrogens (tertiary/aromatic N) is 1. The van der Waals surface area contributed by atoms with Crippen molar-refractivity contribution in [3.05, 3.63) is 29.6 Å². The predicted octanol–water partition coefficient (Wildman–Crippen LogP) is 1.45. The number of carbonyl (C=O) groups excluding carboxylic acids is 1. The topological polar surface area (TPSA) is 31.2 Å². The van der Waals surface area contributed by atoms with Crippen molar-refractivity contribution in [3.63, 3.8) is 0 Å². The summed E-state index contributed by atoms with van der Waals surface area (Å²) in [7, 11) is 0. The van der Waals surface area contributed by atoms with Crippen LogP contribution >= 0.6 is 0 Å². The zero-order valence-electron chi connectivity index (χ0n) is 7.49. The number of hydrogen-bond donors (Lipinski definition) is 0. The SMILES string of the molecule is CCOC(=O)C1=Cc2cccn2C1. The first kappa shape index (κ1) is 8.10. The van der Waals surface area contributed by atoms with E-state index in [2.05, 4.69) is 0 Å². The predicted molar refractivity (Wildman–Crippen MR) is 49.0 cm³/mol. The maximum atomic E-state index is 11.3. The second kappa shape index (κ2) is 3.09. The van der Waals surface area contributed by atoms with E-state index in [1.807, 2.05) is 35.9 Å². The van der Waals surface area contributed by atoms with Crippen molar-refractivity contribution in [2.75, 3.05) is 6.61 Å². The normalized spacial score (nSPS) is 13.8. The minimum absolute atomic E-state index is 0.203. The van der Waals surface area contributed by atoms with E-state index in [0.29, 0.717) is 13.2 Å². The van der Waals surface area contributed by atoms with Crippen LogP contribution in [0.15, 0.2) is 23.9 Å². The van der Waals surface area contributed by atoms with Gasteiger partial charge in [-0.15, -0.1) is 0 Å². The van der Waals surface area contributed by atoms with Gasteiger partial charge in [-0.1, -0.05) is 0 Å². The number of aromatic nitrogens is 1. The van der Waals surface area contributed by atoms with Crippen molar-refractivity contribution in [1.82, 2.24) is 4.57 Å². The Bertz CT molecular complexity index is 363. The monoisotopic (exact) mass is 177 g/mol. The van der Waals surface area contributed by atoms with Gasteiger partial charge in [-0.25, -0.2) is 4.79 Å². The molecule has 0 spiro atoms. The van der Waals surface area contributed by atoms with Crippen molar-refractivity contribution in [1.29, 1.82) is 0 Å². The van der Waals surface area contributed by atoms with Gasteiger partial charge in [-0.2, -0.15) is 0 Å². The summed E-state index contributed by atoms with van der Waals surface area (Å²) < 4.78 is 6.93. The molecule has 1 aromatic heterocycles. The average molecular weight is 177 g/mol. The molecular formula is C10H11NO2. The molecular weight excluding hydrogens is 166 g/mol. The second-order valence-corrected chi connectivity index (χ2v) is 2.95. The third kappa shape index (κ3) is 1.37. The molecule has 3 heteroatoms. The third-order valence-corrected chi connectivity index (χ3v) is 2.07. The fourth-order valence-corrected chi connectivity index (χ4v) is 1.46. The van der Waals surface area contributed by atoms with Gasteiger partial charge >= 0.3 is 5.97 Å². The summed E-state index contributed by atoms with van der Waals surface area (Å²) in [5, 5.41) is 0. The van der Waals surface area contributed by atoms with Gasteiger partial charge in [0, 0.05) is 11.9 Å². The lowest BCUT2D eigenvalue weighted by Crippen LogP contribution is -2.09. The average Bonchev–Trinajstić information content (AvgIpc) is 2.61. The van der Waals surface area contributed by atoms with Crippen molar-refractivity contribution in [2.45, 2.75) is 13.5 Å². The minimum Gasteiger partial charge on any atom is -0.463 e. The van der Waals surface area contributed by atoms with E-state index < -0.39 is 0 Å². The third-order valence-electron chi connectivity index (χ3n) is 2.07. The van der Waals surface area contributed by atoms with Crippen LogP contribution < -0.4 is 0 Å². The van der Waals surface area contributed by atoms with E-state index >= 15 is 0 Å². The Kier molecular flexibility index (Phi) is 1.93. The van der Waals surface area contributed by atoms with Gasteiger partial charge in [-0.3, -0.25) is 0 Å². The highest BCUT2D eigenvalue weighted by molar-refractivity contribution is 5.94. The van der Waals surface area contributed by atoms with Crippen molar-refractivity contribution in [2.24, 2.45) is 0 Å². The van der Waals surface area contributed by atoms with Gasteiger partial charge in [-0.05, 0) is 25.1 Å². The molecule has 0 bridgehead atoms. The van der Waals surface area contributed by atoms with Crippen LogP contribution in [0.4, 0.5) is 0 Å². The second-order valence-electron chi connectivity index (χ2n) is 2.95. The molecule has 0 fully saturated rings. The fourth-order valence-electron chi connectivity index (χ4n) is 1.46. The van der Waals surface area contributed by atoms with E-state index in [1.54, 1.807) is 0 Å². The first-order valence-corrected chi connectivity index (χ1v) is 4.34. The molecule has 13 heavy (non-hydrogen) atoms. The molecule has 68 valence electrons. The summed E-state index contributed by atoms with van der Waals surface area (Å²) in [5.41, 5.74) is 1.81. The lowest BCUT2D eigenvalue weighted by molar-refractivity contribution is -0.138. The summed E-state index contributed by atoms with van der Waals surface area (Å²) in [6.07, 6.45) is 3.83. The number of rotatable bonds is 2. The molecule has 0 atom stereocenters. The molecule has 0 radical (unpaired) electrons. The van der Waals surface area contributed by atoms with Gasteiger partial charge in [0.05, 0.1) is 18.7 Å². The molecule has 0 aromatic carbocycles. The van der Waals surface area contributed by atoms with Crippen LogP contribution in [-0.2, 0) is 16.1 Å². The molecule has 0 N–H and O–H groups in total. The maximum absolute atomic E-state index is 11.3. The summed E-state index contributed by atoms with van der Waals surface area (Å²) in [6.45, 7) is 2.89. The van der Waals surface area contributed by atoms with Crippen molar-refractivity contribution in [3.8, 4) is 0 Å². The van der Waals surface area contributed by atoms with Gasteiger partial charge in [0.2, 0.25) is 0 Å². The minimum atomic E-state index is -0.203. The van der Waals surface area contributed by atoms with Crippen molar-refractivity contribution < 1.29 is 9.53 Å². The lowest BCUT2D eigenvalue weighted by Gasteiger charge is -2.01. The van der Waals surface area contributed by atoms with Crippen LogP contribution in [-0.4, -0.2) is 17.1 Å². The van der Waals surface area contributed by atoms with Gasteiger partial charge < -0.3 is 9.30 Å². The molecule has 0 saturated carbocycles. The maximum Gasteiger partial charge on any atom is 0.335 e. The summed E-state index contributed by atoms with van der Waals surface area (Å²) >= 11 is 0. The molecule has 0 unspecified atom stereocenters. The Labute approximate surface area is 76.6 Å². The Balaban J connectivity index is 2.14. The van der Waals surface area contributed by atoms with Gasteiger partial charge in [0.15, 0.2) is 0 Å². The molecule has 2 heterocycles. The number of hydrogen-bond acceptors (Lipinski definition) is 2. The van der Waals surface area contributed by atoms with Crippen LogP contribution in [0.2, 0.25) is 0 Å². The molecule has 0 amide bonds. The van der Waals surface area contributed by atoms with E-state index in [0.717, 1.165) is 11.3 Å². The van der Waals surface area contributed by atoms with Crippen LogP contribution in [0.3, 0.4) is 0 Å². The molecule has 3 nitrogen and oxygen atoms in total. The summed E-state index contributed by atoms with van der Waals surface area (Å²) in [4.78, 5) is 11.3. The van der Waals surface area contributed by atoms with E-state index in [1.165, 1.54) is 0 Å². The first-order chi connectivity index (χ1) is 6.31. The number of ether oxygens (including phenoxy) is 1. The van der Waals surface area contributed by atoms with Crippen molar-refractivity contribution >= 4 is 12.0 Å². The molecule has 1 aliphatic heterocycles. The Morgan fingerprint density at radius 2 is 2.54 bits per heavy atom. The van der Waals surface area contributed by atoms with E-state index in [-0.39, 0.29) is 5.97 Å². The van der Waals surface area contributed by atoms with Gasteiger partial charge in [0.25, 0.3) is 0 Å². The van der Waals surface area contributed by atoms with Gasteiger partial charge in [0.1, 0.15) is 0 Å². The number of esters is 1. The van der Waals surface area contributed by atoms with E-state index in [9.17, 15) is 4.79 Å². The lowest BCUT2D eigenvalue weighted by atomic mass is 10.2. The zero-order chi connectivity index (χ0) is 9.26.